The fourth-order valence-electron chi connectivity index (χ4n) is 1.57. The molecule has 1 atom stereocenters. The first-order valence-electron chi connectivity index (χ1n) is 5.52. The van der Waals surface area contributed by atoms with E-state index in [1.54, 1.807) is 0 Å². The number of non-ortho nitro benzene ring substituents is 1. The maximum atomic E-state index is 11.5. The van der Waals surface area contributed by atoms with Crippen molar-refractivity contribution in [3.63, 3.8) is 0 Å². The predicted octanol–water partition coefficient (Wildman–Crippen LogP) is 0.815. The molecule has 0 spiro atoms. The number of esters is 1. The van der Waals surface area contributed by atoms with Gasteiger partial charge in [0.2, 0.25) is 5.91 Å². The van der Waals surface area contributed by atoms with E-state index in [0.29, 0.717) is 5.56 Å². The Hall–Kier alpha value is -2.44. The number of carbonyl (C=O) groups is 2. The Morgan fingerprint density at radius 3 is 2.37 bits per heavy atom. The topological polar surface area (TPSA) is 98.5 Å². The molecule has 1 aromatic rings. The lowest BCUT2D eigenvalue weighted by Gasteiger charge is -2.15. The van der Waals surface area contributed by atoms with Crippen molar-refractivity contribution in [3.05, 3.63) is 39.9 Å². The Morgan fingerprint density at radius 2 is 1.95 bits per heavy atom. The van der Waals surface area contributed by atoms with E-state index in [4.69, 9.17) is 0 Å². The molecule has 0 aromatic heterocycles. The Kier molecular flexibility index (Phi) is 4.99. The number of amides is 1. The van der Waals surface area contributed by atoms with Crippen LogP contribution in [0.4, 0.5) is 5.69 Å². The smallest absolute Gasteiger partial charge is 0.328 e. The zero-order valence-corrected chi connectivity index (χ0v) is 10.6. The molecule has 1 amide bonds. The Morgan fingerprint density at radius 1 is 1.37 bits per heavy atom. The highest BCUT2D eigenvalue weighted by Crippen LogP contribution is 2.13. The number of hydrogen-bond donors (Lipinski definition) is 1. The van der Waals surface area contributed by atoms with E-state index in [1.807, 2.05) is 0 Å². The van der Waals surface area contributed by atoms with Gasteiger partial charge in [-0.3, -0.25) is 14.9 Å². The van der Waals surface area contributed by atoms with Crippen molar-refractivity contribution >= 4 is 17.6 Å². The van der Waals surface area contributed by atoms with Gasteiger partial charge in [-0.05, 0) is 5.56 Å². The van der Waals surface area contributed by atoms with Crippen molar-refractivity contribution in [1.29, 1.82) is 0 Å². The maximum Gasteiger partial charge on any atom is 0.328 e. The summed E-state index contributed by atoms with van der Waals surface area (Å²) in [5.41, 5.74) is 0.660. The van der Waals surface area contributed by atoms with Crippen molar-refractivity contribution in [2.24, 2.45) is 0 Å². The predicted molar refractivity (Wildman–Crippen MR) is 66.4 cm³/mol. The fraction of sp³-hybridized carbons (Fsp3) is 0.333. The minimum absolute atomic E-state index is 0.0297. The molecule has 7 heteroatoms. The number of carbonyl (C=O) groups excluding carboxylic acids is 2. The van der Waals surface area contributed by atoms with E-state index in [0.717, 1.165) is 0 Å². The van der Waals surface area contributed by atoms with Crippen LogP contribution in [0.5, 0.6) is 0 Å². The zero-order valence-electron chi connectivity index (χ0n) is 10.6. The number of ether oxygens (including phenoxy) is 1. The molecule has 0 radical (unpaired) electrons. The van der Waals surface area contributed by atoms with Crippen molar-refractivity contribution in [2.75, 3.05) is 7.11 Å². The summed E-state index contributed by atoms with van der Waals surface area (Å²) in [6.45, 7) is 1.30. The number of methoxy groups -OCH3 is 1. The number of hydrogen-bond acceptors (Lipinski definition) is 5. The monoisotopic (exact) mass is 266 g/mol. The molecular weight excluding hydrogens is 252 g/mol. The second kappa shape index (κ2) is 6.48. The highest BCUT2D eigenvalue weighted by atomic mass is 16.6. The third kappa shape index (κ3) is 4.38. The first-order chi connectivity index (χ1) is 8.93. The minimum atomic E-state index is -0.802. The molecule has 0 unspecified atom stereocenters. The molecular formula is C12H14N2O5. The van der Waals surface area contributed by atoms with E-state index in [9.17, 15) is 19.7 Å². The van der Waals surface area contributed by atoms with Crippen LogP contribution >= 0.6 is 0 Å². The second-order valence-corrected chi connectivity index (χ2v) is 3.90. The first-order valence-corrected chi connectivity index (χ1v) is 5.52. The summed E-state index contributed by atoms with van der Waals surface area (Å²) in [6, 6.07) is 4.96. The van der Waals surface area contributed by atoms with Gasteiger partial charge in [-0.25, -0.2) is 4.79 Å². The molecule has 19 heavy (non-hydrogen) atoms. The van der Waals surface area contributed by atoms with Crippen LogP contribution in [0.3, 0.4) is 0 Å². The van der Waals surface area contributed by atoms with Gasteiger partial charge in [-0.2, -0.15) is 0 Å². The van der Waals surface area contributed by atoms with Gasteiger partial charge in [0, 0.05) is 25.5 Å². The Bertz CT molecular complexity index is 483. The SMILES string of the molecule is COC(=O)[C@H](Cc1ccc([N+](=O)[O-])cc1)NC(C)=O. The summed E-state index contributed by atoms with van der Waals surface area (Å²) < 4.78 is 4.59. The summed E-state index contributed by atoms with van der Waals surface area (Å²) in [5.74, 6) is -0.911. The van der Waals surface area contributed by atoms with Crippen LogP contribution < -0.4 is 5.32 Å². The van der Waals surface area contributed by atoms with E-state index in [1.165, 1.54) is 38.3 Å². The van der Waals surface area contributed by atoms with Crippen LogP contribution in [0.15, 0.2) is 24.3 Å². The minimum Gasteiger partial charge on any atom is -0.467 e. The molecule has 0 aliphatic carbocycles. The van der Waals surface area contributed by atoms with Crippen LogP contribution in [-0.2, 0) is 20.7 Å². The lowest BCUT2D eigenvalue weighted by atomic mass is 10.1. The number of nitro benzene ring substituents is 1. The second-order valence-electron chi connectivity index (χ2n) is 3.90. The van der Waals surface area contributed by atoms with Crippen molar-refractivity contribution in [2.45, 2.75) is 19.4 Å². The molecule has 0 bridgehead atoms. The van der Waals surface area contributed by atoms with Gasteiger partial charge in [-0.15, -0.1) is 0 Å². The fourth-order valence-corrected chi connectivity index (χ4v) is 1.57. The maximum absolute atomic E-state index is 11.5. The molecule has 1 rings (SSSR count). The number of nitrogens with one attached hydrogen (secondary N) is 1. The summed E-state index contributed by atoms with van der Waals surface area (Å²) >= 11 is 0. The normalized spacial score (nSPS) is 11.5. The molecule has 102 valence electrons. The summed E-state index contributed by atoms with van der Waals surface area (Å²) in [6.07, 6.45) is 0.213. The number of nitro groups is 1. The van der Waals surface area contributed by atoms with Gasteiger partial charge < -0.3 is 10.1 Å². The lowest BCUT2D eigenvalue weighted by molar-refractivity contribution is -0.384. The average molecular weight is 266 g/mol. The van der Waals surface area contributed by atoms with E-state index < -0.39 is 16.9 Å². The standard InChI is InChI=1S/C12H14N2O5/c1-8(15)13-11(12(16)19-2)7-9-3-5-10(6-4-9)14(17)18/h3-6,11H,7H2,1-2H3,(H,13,15)/t11-/m0/s1. The molecule has 0 saturated heterocycles. The van der Waals surface area contributed by atoms with E-state index in [2.05, 4.69) is 10.1 Å². The molecule has 0 heterocycles. The van der Waals surface area contributed by atoms with Crippen LogP contribution in [0.1, 0.15) is 12.5 Å². The van der Waals surface area contributed by atoms with Crippen molar-refractivity contribution < 1.29 is 19.2 Å². The van der Waals surface area contributed by atoms with Gasteiger partial charge in [0.05, 0.1) is 12.0 Å². The number of rotatable bonds is 5. The van der Waals surface area contributed by atoms with Crippen LogP contribution in [0.2, 0.25) is 0 Å². The zero-order chi connectivity index (χ0) is 14.4. The summed E-state index contributed by atoms with van der Waals surface area (Å²) in [5, 5.41) is 13.0. The molecule has 0 aliphatic rings. The molecule has 1 N–H and O–H groups in total. The number of nitrogens with zero attached hydrogens (tertiary/aromatic N) is 1. The first kappa shape index (κ1) is 14.6. The largest absolute Gasteiger partial charge is 0.467 e. The number of benzene rings is 1. The van der Waals surface area contributed by atoms with Gasteiger partial charge >= 0.3 is 5.97 Å². The highest BCUT2D eigenvalue weighted by Gasteiger charge is 2.20. The van der Waals surface area contributed by atoms with E-state index in [-0.39, 0.29) is 18.0 Å². The summed E-state index contributed by atoms with van der Waals surface area (Å²) in [4.78, 5) is 32.5. The third-order valence-electron chi connectivity index (χ3n) is 2.45. The average Bonchev–Trinajstić information content (AvgIpc) is 2.37. The highest BCUT2D eigenvalue weighted by molar-refractivity contribution is 5.83. The molecule has 7 nitrogen and oxygen atoms in total. The quantitative estimate of drug-likeness (QED) is 0.483. The summed E-state index contributed by atoms with van der Waals surface area (Å²) in [7, 11) is 1.23. The van der Waals surface area contributed by atoms with Crippen LogP contribution in [-0.4, -0.2) is 30.0 Å². The van der Waals surface area contributed by atoms with Crippen molar-refractivity contribution in [1.82, 2.24) is 5.32 Å². The molecule has 0 fully saturated rings. The van der Waals surface area contributed by atoms with Crippen LogP contribution in [0.25, 0.3) is 0 Å². The molecule has 0 saturated carbocycles. The van der Waals surface area contributed by atoms with Crippen LogP contribution in [0, 0.1) is 10.1 Å². The molecule has 1 aromatic carbocycles. The van der Waals surface area contributed by atoms with Gasteiger partial charge in [0.15, 0.2) is 0 Å². The van der Waals surface area contributed by atoms with Gasteiger partial charge in [0.25, 0.3) is 5.69 Å². The Balaban J connectivity index is 2.81. The molecule has 0 aliphatic heterocycles. The van der Waals surface area contributed by atoms with Gasteiger partial charge in [-0.1, -0.05) is 12.1 Å². The lowest BCUT2D eigenvalue weighted by Crippen LogP contribution is -2.41. The van der Waals surface area contributed by atoms with Gasteiger partial charge in [0.1, 0.15) is 6.04 Å². The van der Waals surface area contributed by atoms with Crippen molar-refractivity contribution in [3.8, 4) is 0 Å². The van der Waals surface area contributed by atoms with E-state index >= 15 is 0 Å². The Labute approximate surface area is 109 Å². The third-order valence-corrected chi connectivity index (χ3v) is 2.45.